The van der Waals surface area contributed by atoms with Crippen LogP contribution in [0.4, 0.5) is 9.80 Å². The minimum Gasteiger partial charge on any atom is -0.377 e. The molecule has 0 radical (unpaired) electrons. The van der Waals surface area contributed by atoms with Crippen molar-refractivity contribution < 1.29 is 14.3 Å². The lowest BCUT2D eigenvalue weighted by Crippen LogP contribution is -2.45. The molecule has 0 bridgehead atoms. The number of aryl methyl sites for hydroxylation is 2. The van der Waals surface area contributed by atoms with Gasteiger partial charge in [-0.1, -0.05) is 0 Å². The molecule has 2 aliphatic heterocycles. The van der Waals surface area contributed by atoms with Gasteiger partial charge in [-0.05, 0) is 13.8 Å². The molecule has 0 spiro atoms. The fraction of sp³-hybridized carbons (Fsp3) is 0.545. The van der Waals surface area contributed by atoms with Crippen LogP contribution >= 0.6 is 11.3 Å². The first-order valence-electron chi connectivity index (χ1n) is 5.76. The van der Waals surface area contributed by atoms with Gasteiger partial charge in [0.05, 0.1) is 23.9 Å². The SMILES string of the molecule is Cc1nc(C)c(N2C(=O)[C@@H]3COCCN3C2=O)s1. The summed E-state index contributed by atoms with van der Waals surface area (Å²) in [6.07, 6.45) is 0. The smallest absolute Gasteiger partial charge is 0.332 e. The highest BCUT2D eigenvalue weighted by Gasteiger charge is 2.48. The van der Waals surface area contributed by atoms with Gasteiger partial charge in [0.25, 0.3) is 5.91 Å². The van der Waals surface area contributed by atoms with Crippen molar-refractivity contribution in [2.75, 3.05) is 24.7 Å². The van der Waals surface area contributed by atoms with Crippen LogP contribution in [0.1, 0.15) is 10.7 Å². The van der Waals surface area contributed by atoms with E-state index in [1.165, 1.54) is 16.2 Å². The minimum atomic E-state index is -0.465. The lowest BCUT2D eigenvalue weighted by molar-refractivity contribution is -0.123. The quantitative estimate of drug-likeness (QED) is 0.710. The van der Waals surface area contributed by atoms with Crippen LogP contribution in [0.2, 0.25) is 0 Å². The summed E-state index contributed by atoms with van der Waals surface area (Å²) >= 11 is 1.37. The van der Waals surface area contributed by atoms with Crippen molar-refractivity contribution in [1.82, 2.24) is 9.88 Å². The summed E-state index contributed by atoms with van der Waals surface area (Å²) in [7, 11) is 0. The summed E-state index contributed by atoms with van der Waals surface area (Å²) in [5, 5.41) is 1.49. The molecule has 2 fully saturated rings. The van der Waals surface area contributed by atoms with E-state index >= 15 is 0 Å². The molecule has 7 heteroatoms. The van der Waals surface area contributed by atoms with E-state index in [4.69, 9.17) is 4.74 Å². The van der Waals surface area contributed by atoms with Crippen molar-refractivity contribution in [3.63, 3.8) is 0 Å². The molecule has 1 aromatic heterocycles. The van der Waals surface area contributed by atoms with Crippen molar-refractivity contribution in [1.29, 1.82) is 0 Å². The average Bonchev–Trinajstić information content (AvgIpc) is 2.79. The van der Waals surface area contributed by atoms with Crippen LogP contribution in [0.3, 0.4) is 0 Å². The fourth-order valence-corrected chi connectivity index (χ4v) is 3.24. The first-order valence-corrected chi connectivity index (χ1v) is 6.57. The predicted molar refractivity (Wildman–Crippen MR) is 65.8 cm³/mol. The fourth-order valence-electron chi connectivity index (χ4n) is 2.32. The van der Waals surface area contributed by atoms with Crippen LogP contribution in [0.25, 0.3) is 0 Å². The van der Waals surface area contributed by atoms with Crippen LogP contribution in [0, 0.1) is 13.8 Å². The summed E-state index contributed by atoms with van der Waals surface area (Å²) in [5.41, 5.74) is 0.722. The van der Waals surface area contributed by atoms with E-state index in [9.17, 15) is 9.59 Å². The number of aromatic nitrogens is 1. The zero-order chi connectivity index (χ0) is 12.9. The van der Waals surface area contributed by atoms with E-state index in [-0.39, 0.29) is 18.5 Å². The largest absolute Gasteiger partial charge is 0.377 e. The maximum Gasteiger partial charge on any atom is 0.332 e. The van der Waals surface area contributed by atoms with Gasteiger partial charge in [0.1, 0.15) is 11.0 Å². The zero-order valence-corrected chi connectivity index (χ0v) is 11.0. The van der Waals surface area contributed by atoms with Gasteiger partial charge in [-0.15, -0.1) is 11.3 Å². The van der Waals surface area contributed by atoms with Crippen LogP contribution in [-0.4, -0.2) is 47.6 Å². The average molecular weight is 267 g/mol. The number of rotatable bonds is 1. The third-order valence-electron chi connectivity index (χ3n) is 3.15. The molecule has 1 atom stereocenters. The summed E-state index contributed by atoms with van der Waals surface area (Å²) in [6, 6.07) is -0.715. The summed E-state index contributed by atoms with van der Waals surface area (Å²) in [5.74, 6) is -0.202. The molecule has 2 aliphatic rings. The van der Waals surface area contributed by atoms with Crippen molar-refractivity contribution in [3.05, 3.63) is 10.7 Å². The van der Waals surface area contributed by atoms with Crippen LogP contribution in [0.5, 0.6) is 0 Å². The molecule has 3 rings (SSSR count). The van der Waals surface area contributed by atoms with Gasteiger partial charge >= 0.3 is 6.03 Å². The Kier molecular flexibility index (Phi) is 2.60. The number of ether oxygens (including phenoxy) is 1. The molecule has 18 heavy (non-hydrogen) atoms. The number of imide groups is 1. The second-order valence-corrected chi connectivity index (χ2v) is 5.55. The Hall–Kier alpha value is -1.47. The molecule has 0 N–H and O–H groups in total. The number of hydrogen-bond donors (Lipinski definition) is 0. The lowest BCUT2D eigenvalue weighted by atomic mass is 10.2. The maximum absolute atomic E-state index is 12.3. The Bertz CT molecular complexity index is 504. The molecular weight excluding hydrogens is 254 g/mol. The van der Waals surface area contributed by atoms with Gasteiger partial charge in [0.2, 0.25) is 0 Å². The molecule has 6 nitrogen and oxygen atoms in total. The van der Waals surface area contributed by atoms with Crippen LogP contribution < -0.4 is 4.90 Å². The first kappa shape index (κ1) is 11.6. The Morgan fingerprint density at radius 3 is 2.78 bits per heavy atom. The Morgan fingerprint density at radius 1 is 1.39 bits per heavy atom. The van der Waals surface area contributed by atoms with Crippen molar-refractivity contribution >= 4 is 28.3 Å². The number of amides is 3. The molecule has 0 aliphatic carbocycles. The van der Waals surface area contributed by atoms with Gasteiger partial charge in [0, 0.05) is 6.54 Å². The van der Waals surface area contributed by atoms with Crippen LogP contribution in [-0.2, 0) is 9.53 Å². The van der Waals surface area contributed by atoms with E-state index in [2.05, 4.69) is 4.98 Å². The van der Waals surface area contributed by atoms with E-state index in [1.807, 2.05) is 13.8 Å². The number of anilines is 1. The molecule has 3 amide bonds. The second-order valence-electron chi connectivity index (χ2n) is 4.36. The molecule has 96 valence electrons. The number of carbonyl (C=O) groups excluding carboxylic acids is 2. The van der Waals surface area contributed by atoms with Gasteiger partial charge in [0.15, 0.2) is 0 Å². The van der Waals surface area contributed by atoms with E-state index in [0.29, 0.717) is 18.2 Å². The number of nitrogens with zero attached hydrogens (tertiary/aromatic N) is 3. The number of fused-ring (bicyclic) bond motifs is 1. The van der Waals surface area contributed by atoms with E-state index in [0.717, 1.165) is 10.7 Å². The molecule has 0 saturated carbocycles. The van der Waals surface area contributed by atoms with Gasteiger partial charge < -0.3 is 9.64 Å². The Labute approximate surface area is 108 Å². The van der Waals surface area contributed by atoms with Crippen molar-refractivity contribution in [3.8, 4) is 0 Å². The zero-order valence-electron chi connectivity index (χ0n) is 10.2. The number of carbonyl (C=O) groups is 2. The number of hydrogen-bond acceptors (Lipinski definition) is 5. The third-order valence-corrected chi connectivity index (χ3v) is 4.21. The predicted octanol–water partition coefficient (Wildman–Crippen LogP) is 0.927. The summed E-state index contributed by atoms with van der Waals surface area (Å²) < 4.78 is 5.27. The number of thiazole rings is 1. The van der Waals surface area contributed by atoms with Gasteiger partial charge in [-0.3, -0.25) is 4.79 Å². The van der Waals surface area contributed by atoms with E-state index in [1.54, 1.807) is 4.90 Å². The van der Waals surface area contributed by atoms with Gasteiger partial charge in [-0.25, -0.2) is 14.7 Å². The highest BCUT2D eigenvalue weighted by atomic mass is 32.1. The Balaban J connectivity index is 2.00. The third kappa shape index (κ3) is 1.54. The monoisotopic (exact) mass is 267 g/mol. The highest BCUT2D eigenvalue weighted by molar-refractivity contribution is 7.16. The van der Waals surface area contributed by atoms with E-state index < -0.39 is 6.04 Å². The molecule has 1 aromatic rings. The molecule has 0 unspecified atom stereocenters. The molecule has 2 saturated heterocycles. The summed E-state index contributed by atoms with van der Waals surface area (Å²) in [4.78, 5) is 31.6. The number of urea groups is 1. The van der Waals surface area contributed by atoms with Gasteiger partial charge in [-0.2, -0.15) is 0 Å². The highest BCUT2D eigenvalue weighted by Crippen LogP contribution is 2.33. The van der Waals surface area contributed by atoms with Crippen molar-refractivity contribution in [2.24, 2.45) is 0 Å². The minimum absolute atomic E-state index is 0.202. The second kappa shape index (κ2) is 4.03. The molecular formula is C11H13N3O3S. The normalized spacial score (nSPS) is 23.8. The lowest BCUT2D eigenvalue weighted by Gasteiger charge is -2.26. The molecule has 3 heterocycles. The van der Waals surface area contributed by atoms with Crippen LogP contribution in [0.15, 0.2) is 0 Å². The molecule has 0 aromatic carbocycles. The topological polar surface area (TPSA) is 62.7 Å². The first-order chi connectivity index (χ1) is 8.59. The Morgan fingerprint density at radius 2 is 2.17 bits per heavy atom. The number of morpholine rings is 1. The standard InChI is InChI=1S/C11H13N3O3S/c1-6-10(18-7(2)12-6)14-9(15)8-5-17-4-3-13(8)11(14)16/h8H,3-5H2,1-2H3/t8-/m0/s1. The van der Waals surface area contributed by atoms with Crippen molar-refractivity contribution in [2.45, 2.75) is 19.9 Å². The maximum atomic E-state index is 12.3. The summed E-state index contributed by atoms with van der Waals surface area (Å²) in [6.45, 7) is 4.93.